The summed E-state index contributed by atoms with van der Waals surface area (Å²) in [7, 11) is 1.99. The third-order valence-electron chi connectivity index (χ3n) is 2.91. The third-order valence-corrected chi connectivity index (χ3v) is 2.91. The van der Waals surface area contributed by atoms with E-state index in [4.69, 9.17) is 4.74 Å². The molecule has 0 aliphatic carbocycles. The maximum absolute atomic E-state index is 5.24. The van der Waals surface area contributed by atoms with Crippen molar-refractivity contribution in [2.45, 2.75) is 19.1 Å². The molecule has 0 amide bonds. The monoisotopic (exact) mass is 193 g/mol. The molecule has 3 rings (SSSR count). The predicted molar refractivity (Wildman–Crippen MR) is 51.9 cm³/mol. The number of ether oxygens (including phenoxy) is 1. The van der Waals surface area contributed by atoms with E-state index in [1.165, 1.54) is 11.3 Å². The molecular formula is C10H15N3O. The van der Waals surface area contributed by atoms with Gasteiger partial charge in [0.15, 0.2) is 0 Å². The van der Waals surface area contributed by atoms with Gasteiger partial charge < -0.3 is 4.74 Å². The Morgan fingerprint density at radius 2 is 2.50 bits per heavy atom. The number of hydrogen-bond donors (Lipinski definition) is 0. The lowest BCUT2D eigenvalue weighted by Gasteiger charge is -2.24. The second-order valence-corrected chi connectivity index (χ2v) is 4.22. The van der Waals surface area contributed by atoms with Crippen LogP contribution < -0.4 is 0 Å². The van der Waals surface area contributed by atoms with Crippen molar-refractivity contribution < 1.29 is 4.74 Å². The minimum atomic E-state index is 0.508. The van der Waals surface area contributed by atoms with E-state index in [0.717, 1.165) is 32.7 Å². The number of rotatable bonds is 2. The van der Waals surface area contributed by atoms with E-state index in [1.54, 1.807) is 0 Å². The summed E-state index contributed by atoms with van der Waals surface area (Å²) in [4.78, 5) is 2.46. The van der Waals surface area contributed by atoms with E-state index in [1.807, 2.05) is 11.7 Å². The van der Waals surface area contributed by atoms with Gasteiger partial charge in [0, 0.05) is 44.9 Å². The Bertz CT molecular complexity index is 343. The smallest absolute Gasteiger partial charge is 0.0936 e. The largest absolute Gasteiger partial charge is 0.372 e. The number of hydrogen-bond acceptors (Lipinski definition) is 3. The van der Waals surface area contributed by atoms with Gasteiger partial charge in [0.25, 0.3) is 0 Å². The molecule has 1 aromatic rings. The zero-order valence-electron chi connectivity index (χ0n) is 8.44. The third kappa shape index (κ3) is 1.55. The SMILES string of the molecule is Cn1cc2c(n1)CCN(C[C@@H]1CO1)C2. The van der Waals surface area contributed by atoms with Gasteiger partial charge in [-0.15, -0.1) is 0 Å². The van der Waals surface area contributed by atoms with Gasteiger partial charge in [0.05, 0.1) is 18.4 Å². The van der Waals surface area contributed by atoms with Crippen molar-refractivity contribution in [1.82, 2.24) is 14.7 Å². The highest BCUT2D eigenvalue weighted by Crippen LogP contribution is 2.19. The van der Waals surface area contributed by atoms with Crippen molar-refractivity contribution in [2.24, 2.45) is 7.05 Å². The molecule has 14 heavy (non-hydrogen) atoms. The molecule has 4 heteroatoms. The van der Waals surface area contributed by atoms with E-state index in [0.29, 0.717) is 6.10 Å². The van der Waals surface area contributed by atoms with Crippen molar-refractivity contribution in [3.8, 4) is 0 Å². The summed E-state index contributed by atoms with van der Waals surface area (Å²) in [6.07, 6.45) is 3.73. The van der Waals surface area contributed by atoms with Gasteiger partial charge in [0.2, 0.25) is 0 Å². The molecule has 0 aromatic carbocycles. The maximum Gasteiger partial charge on any atom is 0.0936 e. The van der Waals surface area contributed by atoms with Crippen LogP contribution in [0.1, 0.15) is 11.3 Å². The van der Waals surface area contributed by atoms with Crippen molar-refractivity contribution in [3.63, 3.8) is 0 Å². The van der Waals surface area contributed by atoms with E-state index < -0.39 is 0 Å². The van der Waals surface area contributed by atoms with Gasteiger partial charge in [-0.25, -0.2) is 0 Å². The van der Waals surface area contributed by atoms with Gasteiger partial charge in [-0.05, 0) is 0 Å². The van der Waals surface area contributed by atoms with E-state index in [-0.39, 0.29) is 0 Å². The van der Waals surface area contributed by atoms with Crippen LogP contribution in [0.2, 0.25) is 0 Å². The van der Waals surface area contributed by atoms with Crippen LogP contribution in [0, 0.1) is 0 Å². The molecule has 1 aromatic heterocycles. The predicted octanol–water partition coefficient (Wildman–Crippen LogP) is 0.177. The molecule has 0 N–H and O–H groups in total. The minimum absolute atomic E-state index is 0.508. The van der Waals surface area contributed by atoms with Gasteiger partial charge >= 0.3 is 0 Å². The fraction of sp³-hybridized carbons (Fsp3) is 0.700. The van der Waals surface area contributed by atoms with Gasteiger partial charge in [-0.1, -0.05) is 0 Å². The molecule has 1 atom stereocenters. The average Bonchev–Trinajstić information content (AvgIpc) is 2.86. The Morgan fingerprint density at radius 3 is 3.29 bits per heavy atom. The summed E-state index contributed by atoms with van der Waals surface area (Å²) >= 11 is 0. The van der Waals surface area contributed by atoms with Crippen molar-refractivity contribution in [2.75, 3.05) is 19.7 Å². The fourth-order valence-electron chi connectivity index (χ4n) is 2.13. The Kier molecular flexibility index (Phi) is 1.85. The topological polar surface area (TPSA) is 33.6 Å². The summed E-state index contributed by atoms with van der Waals surface area (Å²) in [5.74, 6) is 0. The van der Waals surface area contributed by atoms with Crippen LogP contribution in [-0.2, 0) is 24.8 Å². The number of nitrogens with zero attached hydrogens (tertiary/aromatic N) is 3. The van der Waals surface area contributed by atoms with Gasteiger partial charge in [-0.2, -0.15) is 5.10 Å². The van der Waals surface area contributed by atoms with Gasteiger partial charge in [-0.3, -0.25) is 9.58 Å². The first kappa shape index (κ1) is 8.44. The molecule has 2 aliphatic heterocycles. The van der Waals surface area contributed by atoms with Gasteiger partial charge in [0.1, 0.15) is 0 Å². The molecule has 1 fully saturated rings. The molecule has 0 spiro atoms. The Balaban J connectivity index is 1.71. The Hall–Kier alpha value is -0.870. The highest BCUT2D eigenvalue weighted by Gasteiger charge is 2.27. The van der Waals surface area contributed by atoms with Crippen molar-refractivity contribution in [3.05, 3.63) is 17.5 Å². The average molecular weight is 193 g/mol. The Morgan fingerprint density at radius 1 is 1.64 bits per heavy atom. The quantitative estimate of drug-likeness (QED) is 0.628. The normalized spacial score (nSPS) is 26.2. The number of aryl methyl sites for hydroxylation is 1. The van der Waals surface area contributed by atoms with E-state index >= 15 is 0 Å². The molecule has 76 valence electrons. The summed E-state index contributed by atoms with van der Waals surface area (Å²) in [5.41, 5.74) is 2.67. The van der Waals surface area contributed by atoms with Crippen LogP contribution in [0.3, 0.4) is 0 Å². The van der Waals surface area contributed by atoms with Crippen LogP contribution >= 0.6 is 0 Å². The lowest BCUT2D eigenvalue weighted by molar-refractivity contribution is 0.225. The molecule has 3 heterocycles. The standard InChI is InChI=1S/C10H15N3O/c1-12-4-8-5-13(6-9-7-14-9)3-2-10(8)11-12/h4,9H,2-3,5-7H2,1H3/t9-/m1/s1. The molecule has 4 nitrogen and oxygen atoms in total. The highest BCUT2D eigenvalue weighted by atomic mass is 16.6. The molecular weight excluding hydrogens is 178 g/mol. The van der Waals surface area contributed by atoms with Crippen LogP contribution in [0.25, 0.3) is 0 Å². The zero-order chi connectivity index (χ0) is 9.54. The first-order valence-electron chi connectivity index (χ1n) is 5.16. The van der Waals surface area contributed by atoms with Crippen molar-refractivity contribution in [1.29, 1.82) is 0 Å². The molecule has 2 aliphatic rings. The number of epoxide rings is 1. The zero-order valence-corrected chi connectivity index (χ0v) is 8.44. The van der Waals surface area contributed by atoms with Crippen LogP contribution in [0.15, 0.2) is 6.20 Å². The second kappa shape index (κ2) is 3.07. The molecule has 0 saturated carbocycles. The lowest BCUT2D eigenvalue weighted by Crippen LogP contribution is -2.33. The number of fused-ring (bicyclic) bond motifs is 1. The molecule has 0 radical (unpaired) electrons. The second-order valence-electron chi connectivity index (χ2n) is 4.22. The maximum atomic E-state index is 5.24. The highest BCUT2D eigenvalue weighted by molar-refractivity contribution is 5.19. The molecule has 1 saturated heterocycles. The van der Waals surface area contributed by atoms with Crippen LogP contribution in [0.4, 0.5) is 0 Å². The summed E-state index contributed by atoms with van der Waals surface area (Å²) < 4.78 is 7.16. The summed E-state index contributed by atoms with van der Waals surface area (Å²) in [6.45, 7) is 4.22. The minimum Gasteiger partial charge on any atom is -0.372 e. The Labute approximate surface area is 83.5 Å². The summed E-state index contributed by atoms with van der Waals surface area (Å²) in [5, 5.41) is 4.44. The first-order valence-corrected chi connectivity index (χ1v) is 5.16. The molecule has 0 unspecified atom stereocenters. The van der Waals surface area contributed by atoms with E-state index in [2.05, 4.69) is 16.2 Å². The first-order chi connectivity index (χ1) is 6.81. The van der Waals surface area contributed by atoms with Crippen molar-refractivity contribution >= 4 is 0 Å². The van der Waals surface area contributed by atoms with Crippen LogP contribution in [0.5, 0.6) is 0 Å². The lowest BCUT2D eigenvalue weighted by atomic mass is 10.1. The van der Waals surface area contributed by atoms with E-state index in [9.17, 15) is 0 Å². The fourth-order valence-corrected chi connectivity index (χ4v) is 2.13. The number of aromatic nitrogens is 2. The summed E-state index contributed by atoms with van der Waals surface area (Å²) in [6, 6.07) is 0. The molecule has 0 bridgehead atoms. The van der Waals surface area contributed by atoms with Crippen LogP contribution in [-0.4, -0.2) is 40.5 Å².